The van der Waals surface area contributed by atoms with Crippen LogP contribution in [0, 0.1) is 0 Å². The van der Waals surface area contributed by atoms with Gasteiger partial charge in [0.05, 0.1) is 14.1 Å². The second-order valence-corrected chi connectivity index (χ2v) is 10.6. The van der Waals surface area contributed by atoms with E-state index in [0.717, 1.165) is 18.7 Å². The van der Waals surface area contributed by atoms with Crippen LogP contribution >= 0.6 is 0 Å². The number of hydrogen-bond donors (Lipinski definition) is 0. The average Bonchev–Trinajstić information content (AvgIpc) is 2.86. The highest BCUT2D eigenvalue weighted by Gasteiger charge is 2.35. The lowest BCUT2D eigenvalue weighted by Gasteiger charge is -2.36. The molecular weight excluding hydrogens is 446 g/mol. The van der Waals surface area contributed by atoms with Gasteiger partial charge in [-0.3, -0.25) is 0 Å². The van der Waals surface area contributed by atoms with Crippen LogP contribution in [0.3, 0.4) is 0 Å². The molecule has 0 radical (unpaired) electrons. The van der Waals surface area contributed by atoms with Crippen LogP contribution in [-0.4, -0.2) is 37.4 Å². The van der Waals surface area contributed by atoms with Crippen molar-refractivity contribution in [3.05, 3.63) is 65.7 Å². The number of nitrogens with zero attached hydrogens (tertiary/aromatic N) is 1. The molecule has 2 aromatic rings. The minimum Gasteiger partial charge on any atom is -0.457 e. The quantitative estimate of drug-likeness (QED) is 0.0853. The van der Waals surface area contributed by atoms with E-state index in [0.29, 0.717) is 10.9 Å². The third-order valence-corrected chi connectivity index (χ3v) is 7.10. The second kappa shape index (κ2) is 17.2. The van der Waals surface area contributed by atoms with Crippen LogP contribution in [0.2, 0.25) is 0 Å². The normalized spacial score (nSPS) is 12.3. The van der Waals surface area contributed by atoms with Gasteiger partial charge in [0.2, 0.25) is 6.79 Å². The summed E-state index contributed by atoms with van der Waals surface area (Å²) in [4.78, 5) is 12.8. The number of carbonyl (C=O) groups is 1. The van der Waals surface area contributed by atoms with Crippen LogP contribution in [0.1, 0.15) is 95.6 Å². The molecule has 36 heavy (non-hydrogen) atoms. The van der Waals surface area contributed by atoms with Gasteiger partial charge < -0.3 is 14.0 Å². The van der Waals surface area contributed by atoms with Crippen LogP contribution in [0.4, 0.5) is 0 Å². The van der Waals surface area contributed by atoms with E-state index in [1.54, 1.807) is 0 Å². The Kier molecular flexibility index (Phi) is 14.3. The molecule has 0 saturated carbocycles. The van der Waals surface area contributed by atoms with Gasteiger partial charge in [-0.25, -0.2) is 4.79 Å². The summed E-state index contributed by atoms with van der Waals surface area (Å²) in [5.74, 6) is 0.525. The molecule has 2 rings (SSSR count). The average molecular weight is 497 g/mol. The minimum absolute atomic E-state index is 0.0571. The van der Waals surface area contributed by atoms with Crippen LogP contribution in [0.25, 0.3) is 0 Å². The summed E-state index contributed by atoms with van der Waals surface area (Å²) in [6, 6.07) is 18.2. The van der Waals surface area contributed by atoms with E-state index in [9.17, 15) is 4.79 Å². The molecule has 1 unspecified atom stereocenters. The molecule has 0 fully saturated rings. The lowest BCUT2D eigenvalue weighted by atomic mass is 10.0. The third kappa shape index (κ3) is 11.6. The number of carbonyl (C=O) groups excluding carboxylic acids is 1. The maximum absolute atomic E-state index is 12.8. The predicted octanol–water partition coefficient (Wildman–Crippen LogP) is 8.08. The highest BCUT2D eigenvalue weighted by molar-refractivity contribution is 5.74. The maximum Gasteiger partial charge on any atom is 0.367 e. The molecule has 0 bridgehead atoms. The van der Waals surface area contributed by atoms with Crippen molar-refractivity contribution in [1.29, 1.82) is 0 Å². The van der Waals surface area contributed by atoms with E-state index in [1.165, 1.54) is 75.3 Å². The zero-order chi connectivity index (χ0) is 26.1. The molecule has 200 valence electrons. The molecule has 1 atom stereocenters. The smallest absolute Gasteiger partial charge is 0.367 e. The van der Waals surface area contributed by atoms with E-state index < -0.39 is 0 Å². The van der Waals surface area contributed by atoms with Gasteiger partial charge in [0.1, 0.15) is 12.3 Å². The molecule has 0 amide bonds. The Bertz CT molecular complexity index is 832. The highest BCUT2D eigenvalue weighted by Crippen LogP contribution is 2.19. The van der Waals surface area contributed by atoms with Crippen LogP contribution < -0.4 is 4.74 Å². The minimum atomic E-state index is -0.239. The van der Waals surface area contributed by atoms with E-state index in [4.69, 9.17) is 9.47 Å². The fraction of sp³-hybridized carbons (Fsp3) is 0.594. The third-order valence-electron chi connectivity index (χ3n) is 7.10. The van der Waals surface area contributed by atoms with Gasteiger partial charge in [-0.15, -0.1) is 0 Å². The molecule has 2 aromatic carbocycles. The van der Waals surface area contributed by atoms with Gasteiger partial charge in [0.25, 0.3) is 0 Å². The van der Waals surface area contributed by atoms with Crippen molar-refractivity contribution < 1.29 is 18.8 Å². The fourth-order valence-electron chi connectivity index (χ4n) is 4.93. The summed E-state index contributed by atoms with van der Waals surface area (Å²) in [5.41, 5.74) is 2.55. The van der Waals surface area contributed by atoms with Gasteiger partial charge in [-0.05, 0) is 30.5 Å². The molecule has 0 aromatic heterocycles. The Morgan fingerprint density at radius 3 is 1.92 bits per heavy atom. The summed E-state index contributed by atoms with van der Waals surface area (Å²) in [7, 11) is 4.16. The van der Waals surface area contributed by atoms with Crippen LogP contribution in [0.5, 0.6) is 5.75 Å². The standard InChI is InChI=1S/C32H50NO3/c1-5-7-8-9-10-11-12-13-14-16-19-28-22-24-30(25-23-28)35-27-36-32(34)31(6-2)33(3,4)26-29-20-17-15-18-21-29/h15,17-18,20-25,31H,5-14,16,19,26-27H2,1-4H3/q+1. The second-order valence-electron chi connectivity index (χ2n) is 10.6. The van der Waals surface area contributed by atoms with Gasteiger partial charge in [0, 0.05) is 12.0 Å². The Morgan fingerprint density at radius 1 is 0.750 bits per heavy atom. The van der Waals surface area contributed by atoms with E-state index in [-0.39, 0.29) is 18.8 Å². The number of quaternary nitrogens is 1. The zero-order valence-corrected chi connectivity index (χ0v) is 23.3. The van der Waals surface area contributed by atoms with Crippen molar-refractivity contribution >= 4 is 5.97 Å². The van der Waals surface area contributed by atoms with Crippen molar-refractivity contribution in [2.24, 2.45) is 0 Å². The van der Waals surface area contributed by atoms with E-state index in [2.05, 4.69) is 45.3 Å². The first kappa shape index (κ1) is 29.9. The summed E-state index contributed by atoms with van der Waals surface area (Å²) in [6.45, 7) is 5.02. The number of likely N-dealkylation sites (N-methyl/N-ethyl adjacent to an activating group) is 1. The maximum atomic E-state index is 12.8. The number of ether oxygens (including phenoxy) is 2. The number of esters is 1. The lowest BCUT2D eigenvalue weighted by molar-refractivity contribution is -0.919. The largest absolute Gasteiger partial charge is 0.457 e. The molecule has 0 heterocycles. The fourth-order valence-corrected chi connectivity index (χ4v) is 4.93. The Morgan fingerprint density at radius 2 is 1.33 bits per heavy atom. The topological polar surface area (TPSA) is 35.5 Å². The molecule has 0 spiro atoms. The first-order valence-corrected chi connectivity index (χ1v) is 14.2. The number of benzene rings is 2. The first-order chi connectivity index (χ1) is 17.5. The molecule has 0 N–H and O–H groups in total. The predicted molar refractivity (Wildman–Crippen MR) is 150 cm³/mol. The van der Waals surface area contributed by atoms with E-state index in [1.807, 2.05) is 37.3 Å². The monoisotopic (exact) mass is 496 g/mol. The molecule has 0 aliphatic heterocycles. The van der Waals surface area contributed by atoms with Crippen molar-refractivity contribution in [1.82, 2.24) is 0 Å². The Hall–Kier alpha value is -2.33. The van der Waals surface area contributed by atoms with Crippen molar-refractivity contribution in [2.75, 3.05) is 20.9 Å². The van der Waals surface area contributed by atoms with E-state index >= 15 is 0 Å². The van der Waals surface area contributed by atoms with Crippen LogP contribution in [0.15, 0.2) is 54.6 Å². The van der Waals surface area contributed by atoms with Gasteiger partial charge in [-0.2, -0.15) is 0 Å². The summed E-state index contributed by atoms with van der Waals surface area (Å²) in [6.07, 6.45) is 15.4. The molecule has 0 aliphatic rings. The lowest BCUT2D eigenvalue weighted by Crippen LogP contribution is -2.52. The van der Waals surface area contributed by atoms with Crippen molar-refractivity contribution in [3.8, 4) is 5.75 Å². The number of hydrogen-bond acceptors (Lipinski definition) is 3. The summed E-state index contributed by atoms with van der Waals surface area (Å²) in [5, 5.41) is 0. The zero-order valence-electron chi connectivity index (χ0n) is 23.3. The molecular formula is C32H50NO3+. The Balaban J connectivity index is 1.63. The number of unbranched alkanes of at least 4 members (excludes halogenated alkanes) is 9. The molecule has 4 nitrogen and oxygen atoms in total. The Labute approximate surface area is 220 Å². The highest BCUT2D eigenvalue weighted by atomic mass is 16.7. The molecule has 4 heteroatoms. The van der Waals surface area contributed by atoms with Crippen molar-refractivity contribution in [3.63, 3.8) is 0 Å². The molecule has 0 aliphatic carbocycles. The van der Waals surface area contributed by atoms with Gasteiger partial charge in [-0.1, -0.05) is 114 Å². The SMILES string of the molecule is CCCCCCCCCCCCc1ccc(OCOC(=O)C(CC)[N+](C)(C)Cc2ccccc2)cc1. The number of rotatable bonds is 19. The van der Waals surface area contributed by atoms with Crippen molar-refractivity contribution in [2.45, 2.75) is 103 Å². The van der Waals surface area contributed by atoms with Crippen LogP contribution in [-0.2, 0) is 22.5 Å². The molecule has 0 saturated heterocycles. The first-order valence-electron chi connectivity index (χ1n) is 14.2. The van der Waals surface area contributed by atoms with Gasteiger partial charge >= 0.3 is 5.97 Å². The summed E-state index contributed by atoms with van der Waals surface area (Å²) < 4.78 is 11.8. The number of aryl methyl sites for hydroxylation is 1. The summed E-state index contributed by atoms with van der Waals surface area (Å²) >= 11 is 0. The van der Waals surface area contributed by atoms with Gasteiger partial charge in [0.15, 0.2) is 6.04 Å².